The quantitative estimate of drug-likeness (QED) is 0.547. The molecule has 2 N–H and O–H groups in total. The summed E-state index contributed by atoms with van der Waals surface area (Å²) in [7, 11) is 1.36. The van der Waals surface area contributed by atoms with Crippen molar-refractivity contribution in [1.29, 1.82) is 0 Å². The van der Waals surface area contributed by atoms with Crippen LogP contribution in [-0.4, -0.2) is 18.2 Å². The maximum atomic E-state index is 11.4. The van der Waals surface area contributed by atoms with Crippen molar-refractivity contribution in [2.45, 2.75) is 0 Å². The largest absolute Gasteiger partial charge is 0.465 e. The van der Waals surface area contributed by atoms with Crippen molar-refractivity contribution in [3.63, 3.8) is 0 Å². The number of hydrogen-bond donors (Lipinski definition) is 2. The fourth-order valence-corrected chi connectivity index (χ4v) is 2.65. The van der Waals surface area contributed by atoms with Crippen molar-refractivity contribution in [2.24, 2.45) is 0 Å². The Morgan fingerprint density at radius 2 is 1.62 bits per heavy atom. The molecule has 0 unspecified atom stereocenters. The molecule has 0 aliphatic heterocycles. The Hall–Kier alpha value is -2.92. The topological polar surface area (TPSA) is 50.4 Å². The van der Waals surface area contributed by atoms with Crippen molar-refractivity contribution in [1.82, 2.24) is 0 Å². The Morgan fingerprint density at radius 3 is 2.38 bits per heavy atom. The van der Waals surface area contributed by atoms with E-state index in [2.05, 4.69) is 27.5 Å². The minimum atomic E-state index is -0.363. The molecule has 0 radical (unpaired) electrons. The summed E-state index contributed by atoms with van der Waals surface area (Å²) in [5.41, 5.74) is 2.23. The molecule has 3 aromatic carbocycles. The maximum Gasteiger partial charge on any atom is 0.337 e. The molecule has 0 aliphatic rings. The highest BCUT2D eigenvalue weighted by Crippen LogP contribution is 2.23. The molecule has 0 amide bonds. The van der Waals surface area contributed by atoms with Gasteiger partial charge in [-0.2, -0.15) is 0 Å². The number of nitrogens with one attached hydrogen (secondary N) is 2. The number of ether oxygens (including phenoxy) is 1. The van der Waals surface area contributed by atoms with Gasteiger partial charge in [-0.1, -0.05) is 36.4 Å². The Morgan fingerprint density at radius 1 is 0.917 bits per heavy atom. The van der Waals surface area contributed by atoms with Crippen molar-refractivity contribution in [3.8, 4) is 0 Å². The van der Waals surface area contributed by atoms with Gasteiger partial charge in [0.1, 0.15) is 0 Å². The number of anilines is 2. The first-order valence-electron chi connectivity index (χ1n) is 7.41. The summed E-state index contributed by atoms with van der Waals surface area (Å²) in [6.07, 6.45) is 0. The van der Waals surface area contributed by atoms with Crippen LogP contribution in [0, 0.1) is 0 Å². The van der Waals surface area contributed by atoms with Crippen LogP contribution in [0.1, 0.15) is 10.4 Å². The molecule has 0 saturated carbocycles. The summed E-state index contributed by atoms with van der Waals surface area (Å²) in [6, 6.07) is 21.1. The molecule has 24 heavy (non-hydrogen) atoms. The third kappa shape index (κ3) is 3.52. The van der Waals surface area contributed by atoms with Gasteiger partial charge in [-0.05, 0) is 47.9 Å². The van der Waals surface area contributed by atoms with Gasteiger partial charge in [0.15, 0.2) is 5.11 Å². The van der Waals surface area contributed by atoms with Gasteiger partial charge in [-0.3, -0.25) is 0 Å². The summed E-state index contributed by atoms with van der Waals surface area (Å²) in [5, 5.41) is 9.05. The van der Waals surface area contributed by atoms with E-state index in [4.69, 9.17) is 12.2 Å². The molecule has 120 valence electrons. The summed E-state index contributed by atoms with van der Waals surface area (Å²) in [6.45, 7) is 0. The fraction of sp³-hybridized carbons (Fsp3) is 0.0526. The summed E-state index contributed by atoms with van der Waals surface area (Å²) in [4.78, 5) is 11.4. The average Bonchev–Trinajstić information content (AvgIpc) is 2.62. The Bertz CT molecular complexity index is 886. The predicted octanol–water partition coefficient (Wildman–Crippen LogP) is 4.44. The Kier molecular flexibility index (Phi) is 4.72. The van der Waals surface area contributed by atoms with E-state index < -0.39 is 0 Å². The molecule has 0 atom stereocenters. The number of esters is 1. The lowest BCUT2D eigenvalue weighted by atomic mass is 10.1. The Labute approximate surface area is 145 Å². The van der Waals surface area contributed by atoms with E-state index in [-0.39, 0.29) is 5.97 Å². The minimum absolute atomic E-state index is 0.363. The lowest BCUT2D eigenvalue weighted by Crippen LogP contribution is -2.19. The molecule has 0 bridgehead atoms. The van der Waals surface area contributed by atoms with Gasteiger partial charge in [0.25, 0.3) is 0 Å². The first kappa shape index (κ1) is 16.0. The van der Waals surface area contributed by atoms with Crippen LogP contribution in [0.5, 0.6) is 0 Å². The van der Waals surface area contributed by atoms with Crippen LogP contribution in [0.15, 0.2) is 66.7 Å². The third-order valence-electron chi connectivity index (χ3n) is 3.60. The zero-order valence-electron chi connectivity index (χ0n) is 13.1. The van der Waals surface area contributed by atoms with Gasteiger partial charge in [-0.15, -0.1) is 0 Å². The number of thiocarbonyl (C=S) groups is 1. The second-order valence-electron chi connectivity index (χ2n) is 5.17. The Balaban J connectivity index is 1.72. The van der Waals surface area contributed by atoms with Crippen molar-refractivity contribution >= 4 is 45.4 Å². The maximum absolute atomic E-state index is 11.4. The number of fused-ring (bicyclic) bond motifs is 1. The number of hydrogen-bond acceptors (Lipinski definition) is 3. The molecule has 0 fully saturated rings. The molecule has 0 spiro atoms. The van der Waals surface area contributed by atoms with Crippen LogP contribution in [-0.2, 0) is 4.74 Å². The number of benzene rings is 3. The molecular weight excluding hydrogens is 320 g/mol. The molecule has 3 aromatic rings. The highest BCUT2D eigenvalue weighted by Gasteiger charge is 2.06. The van der Waals surface area contributed by atoms with Gasteiger partial charge in [-0.25, -0.2) is 4.79 Å². The lowest BCUT2D eigenvalue weighted by Gasteiger charge is -2.13. The predicted molar refractivity (Wildman–Crippen MR) is 102 cm³/mol. The summed E-state index contributed by atoms with van der Waals surface area (Å²) < 4.78 is 4.68. The van der Waals surface area contributed by atoms with Crippen LogP contribution in [0.25, 0.3) is 10.8 Å². The van der Waals surface area contributed by atoms with Crippen molar-refractivity contribution in [2.75, 3.05) is 17.7 Å². The molecule has 0 aliphatic carbocycles. The second kappa shape index (κ2) is 7.10. The molecule has 0 saturated heterocycles. The third-order valence-corrected chi connectivity index (χ3v) is 3.81. The number of methoxy groups -OCH3 is 1. The summed E-state index contributed by atoms with van der Waals surface area (Å²) in [5.74, 6) is -0.363. The lowest BCUT2D eigenvalue weighted by molar-refractivity contribution is 0.0601. The van der Waals surface area contributed by atoms with E-state index in [0.717, 1.165) is 22.1 Å². The molecule has 3 rings (SSSR count). The van der Waals surface area contributed by atoms with Crippen LogP contribution < -0.4 is 10.6 Å². The van der Waals surface area contributed by atoms with Gasteiger partial charge >= 0.3 is 5.97 Å². The van der Waals surface area contributed by atoms with Crippen molar-refractivity contribution in [3.05, 3.63) is 72.3 Å². The van der Waals surface area contributed by atoms with Crippen molar-refractivity contribution < 1.29 is 9.53 Å². The van der Waals surface area contributed by atoms with Gasteiger partial charge < -0.3 is 15.4 Å². The average molecular weight is 336 g/mol. The van der Waals surface area contributed by atoms with Crippen LogP contribution >= 0.6 is 12.2 Å². The second-order valence-corrected chi connectivity index (χ2v) is 5.58. The first-order chi connectivity index (χ1) is 11.7. The summed E-state index contributed by atoms with van der Waals surface area (Å²) >= 11 is 5.37. The van der Waals surface area contributed by atoms with Crippen LogP contribution in [0.3, 0.4) is 0 Å². The van der Waals surface area contributed by atoms with Crippen LogP contribution in [0.2, 0.25) is 0 Å². The zero-order chi connectivity index (χ0) is 16.9. The minimum Gasteiger partial charge on any atom is -0.465 e. The van der Waals surface area contributed by atoms with Crippen LogP contribution in [0.4, 0.5) is 11.4 Å². The number of carbonyl (C=O) groups is 1. The van der Waals surface area contributed by atoms with E-state index in [9.17, 15) is 4.79 Å². The smallest absolute Gasteiger partial charge is 0.337 e. The zero-order valence-corrected chi connectivity index (χ0v) is 13.9. The SMILES string of the molecule is COC(=O)c1ccc(NC(=S)Nc2cccc3ccccc23)cc1. The first-order valence-corrected chi connectivity index (χ1v) is 7.82. The molecule has 4 nitrogen and oxygen atoms in total. The normalized spacial score (nSPS) is 10.2. The van der Waals surface area contributed by atoms with E-state index >= 15 is 0 Å². The molecule has 0 heterocycles. The molecule has 0 aromatic heterocycles. The highest BCUT2D eigenvalue weighted by atomic mass is 32.1. The van der Waals surface area contributed by atoms with Gasteiger partial charge in [0.2, 0.25) is 0 Å². The van der Waals surface area contributed by atoms with Gasteiger partial charge in [0.05, 0.1) is 12.7 Å². The molecule has 5 heteroatoms. The monoisotopic (exact) mass is 336 g/mol. The van der Waals surface area contributed by atoms with E-state index in [1.54, 1.807) is 24.3 Å². The standard InChI is InChI=1S/C19H16N2O2S/c1-23-18(22)14-9-11-15(12-10-14)20-19(24)21-17-8-4-6-13-5-2-3-7-16(13)17/h2-12H,1H3,(H2,20,21,24). The number of rotatable bonds is 3. The highest BCUT2D eigenvalue weighted by molar-refractivity contribution is 7.80. The number of carbonyl (C=O) groups excluding carboxylic acids is 1. The van der Waals surface area contributed by atoms with E-state index in [0.29, 0.717) is 10.7 Å². The molecular formula is C19H16N2O2S. The fourth-order valence-electron chi connectivity index (χ4n) is 2.43. The van der Waals surface area contributed by atoms with E-state index in [1.165, 1.54) is 7.11 Å². The van der Waals surface area contributed by atoms with Gasteiger partial charge in [0, 0.05) is 16.8 Å². The van der Waals surface area contributed by atoms with E-state index in [1.807, 2.05) is 30.3 Å².